The van der Waals surface area contributed by atoms with E-state index in [0.29, 0.717) is 15.8 Å². The molecule has 0 fully saturated rings. The van der Waals surface area contributed by atoms with Crippen LogP contribution in [0.2, 0.25) is 0 Å². The fourth-order valence-electron chi connectivity index (χ4n) is 1.92. The Hall–Kier alpha value is -0.776. The first-order valence-electron chi connectivity index (χ1n) is 6.19. The molecule has 2 rings (SSSR count). The normalized spacial score (nSPS) is 9.73. The second-order valence-electron chi connectivity index (χ2n) is 4.12. The van der Waals surface area contributed by atoms with Gasteiger partial charge < -0.3 is 9.30 Å². The number of benzene rings is 1. The summed E-state index contributed by atoms with van der Waals surface area (Å²) in [5.41, 5.74) is 0.498. The Balaban J connectivity index is 0.00000242. The van der Waals surface area contributed by atoms with Crippen LogP contribution in [0.15, 0.2) is 29.1 Å². The van der Waals surface area contributed by atoms with Crippen LogP contribution in [-0.4, -0.2) is 11.2 Å². The van der Waals surface area contributed by atoms with Crippen LogP contribution >= 0.6 is 22.6 Å². The van der Waals surface area contributed by atoms with Crippen LogP contribution < -0.4 is 10.3 Å². The molecular weight excluding hydrogens is 475 g/mol. The summed E-state index contributed by atoms with van der Waals surface area (Å²) >= 11 is 1.93. The molecule has 0 atom stereocenters. The van der Waals surface area contributed by atoms with E-state index in [1.54, 1.807) is 12.1 Å². The van der Waals surface area contributed by atoms with E-state index < -0.39 is 5.82 Å². The number of halogens is 2. The number of aromatic nitrogens is 1. The van der Waals surface area contributed by atoms with Crippen molar-refractivity contribution in [2.75, 3.05) is 6.61 Å². The second-order valence-corrected chi connectivity index (χ2v) is 5.29. The van der Waals surface area contributed by atoms with E-state index in [2.05, 4.69) is 6.07 Å². The van der Waals surface area contributed by atoms with Crippen molar-refractivity contribution in [2.24, 2.45) is 0 Å². The molecule has 0 aliphatic rings. The molecule has 111 valence electrons. The van der Waals surface area contributed by atoms with Crippen LogP contribution in [0.1, 0.15) is 6.92 Å². The molecule has 1 radical (unpaired) electrons. The molecular formula is C15H11FIN2O2Y-. The van der Waals surface area contributed by atoms with Gasteiger partial charge in [0.1, 0.15) is 11.8 Å². The number of ether oxygens (including phenoxy) is 1. The van der Waals surface area contributed by atoms with Crippen LogP contribution in [0.25, 0.3) is 11.3 Å². The first-order valence-corrected chi connectivity index (χ1v) is 7.27. The van der Waals surface area contributed by atoms with Gasteiger partial charge in [-0.05, 0) is 16.6 Å². The third-order valence-electron chi connectivity index (χ3n) is 2.87. The fourth-order valence-corrected chi connectivity index (χ4v) is 2.37. The topological polar surface area (TPSA) is 55.0 Å². The molecule has 1 aromatic heterocycles. The average Bonchev–Trinajstić information content (AvgIpc) is 2.48. The third kappa shape index (κ3) is 4.15. The molecule has 0 saturated carbocycles. The molecule has 0 aliphatic carbocycles. The standard InChI is InChI=1S/C15H11FIN2O2.Y/c1-2-19-14(6-5-13(17)15(19)20)11-4-3-10(9-12(11)16)21-8-7-18;/h3-5,9H,2,8H2,1H3;/q-1;. The monoisotopic (exact) mass is 486 g/mol. The molecule has 0 spiro atoms. The summed E-state index contributed by atoms with van der Waals surface area (Å²) in [4.78, 5) is 12.1. The first-order chi connectivity index (χ1) is 10.1. The molecule has 7 heteroatoms. The summed E-state index contributed by atoms with van der Waals surface area (Å²) in [6, 6.07) is 10.6. The maximum absolute atomic E-state index is 14.2. The molecule has 0 saturated heterocycles. The minimum Gasteiger partial charge on any atom is -0.479 e. The Morgan fingerprint density at radius 2 is 2.23 bits per heavy atom. The SMILES string of the molecule is CCn1c(-c2ccc(OCC#N)cc2F)[c-]cc(I)c1=O.[Y]. The van der Waals surface area contributed by atoms with E-state index >= 15 is 0 Å². The Kier molecular flexibility index (Phi) is 7.67. The van der Waals surface area contributed by atoms with Gasteiger partial charge in [0.05, 0.1) is 5.82 Å². The minimum absolute atomic E-state index is 0. The molecule has 0 N–H and O–H groups in total. The molecule has 1 aromatic carbocycles. The average molecular weight is 486 g/mol. The van der Waals surface area contributed by atoms with Crippen LogP contribution in [0, 0.1) is 26.8 Å². The summed E-state index contributed by atoms with van der Waals surface area (Å²) in [5.74, 6) is -0.252. The van der Waals surface area contributed by atoms with Crippen LogP contribution in [-0.2, 0) is 39.3 Å². The van der Waals surface area contributed by atoms with Crippen LogP contribution in [0.5, 0.6) is 5.75 Å². The van der Waals surface area contributed by atoms with Crippen molar-refractivity contribution < 1.29 is 41.8 Å². The van der Waals surface area contributed by atoms with Gasteiger partial charge in [-0.25, -0.2) is 4.39 Å². The van der Waals surface area contributed by atoms with Gasteiger partial charge in [-0.15, -0.1) is 28.7 Å². The molecule has 22 heavy (non-hydrogen) atoms. The van der Waals surface area contributed by atoms with Gasteiger partial charge in [-0.3, -0.25) is 4.79 Å². The number of hydrogen-bond acceptors (Lipinski definition) is 3. The van der Waals surface area contributed by atoms with Crippen molar-refractivity contribution in [3.05, 3.63) is 50.1 Å². The third-order valence-corrected chi connectivity index (χ3v) is 3.64. The van der Waals surface area contributed by atoms with Crippen molar-refractivity contribution in [2.45, 2.75) is 13.5 Å². The zero-order valence-electron chi connectivity index (χ0n) is 11.8. The Labute approximate surface area is 166 Å². The van der Waals surface area contributed by atoms with E-state index in [1.165, 1.54) is 16.7 Å². The first kappa shape index (κ1) is 19.3. The quantitative estimate of drug-likeness (QED) is 0.494. The Morgan fingerprint density at radius 3 is 2.82 bits per heavy atom. The van der Waals surface area contributed by atoms with Crippen LogP contribution in [0.3, 0.4) is 0 Å². The molecule has 0 unspecified atom stereocenters. The number of nitriles is 1. The summed E-state index contributed by atoms with van der Waals surface area (Å²) in [5, 5.41) is 8.44. The van der Waals surface area contributed by atoms with Gasteiger partial charge in [0.2, 0.25) is 5.56 Å². The molecule has 0 amide bonds. The number of rotatable bonds is 4. The van der Waals surface area contributed by atoms with Crippen molar-refractivity contribution in [3.8, 4) is 23.1 Å². The van der Waals surface area contributed by atoms with Gasteiger partial charge >= 0.3 is 0 Å². The summed E-state index contributed by atoms with van der Waals surface area (Å²) < 4.78 is 21.3. The Bertz CT molecular complexity index is 771. The minimum atomic E-state index is -0.524. The molecule has 0 bridgehead atoms. The van der Waals surface area contributed by atoms with Gasteiger partial charge in [-0.1, -0.05) is 11.3 Å². The number of pyridine rings is 1. The van der Waals surface area contributed by atoms with E-state index in [4.69, 9.17) is 10.00 Å². The smallest absolute Gasteiger partial charge is 0.207 e. The number of hydrogen-bond donors (Lipinski definition) is 0. The zero-order chi connectivity index (χ0) is 15.4. The maximum atomic E-state index is 14.2. The van der Waals surface area contributed by atoms with E-state index in [0.717, 1.165) is 0 Å². The maximum Gasteiger partial charge on any atom is 0.207 e. The van der Waals surface area contributed by atoms with Crippen molar-refractivity contribution in [1.29, 1.82) is 5.26 Å². The Morgan fingerprint density at radius 1 is 1.50 bits per heavy atom. The van der Waals surface area contributed by atoms with Gasteiger partial charge in [0, 0.05) is 45.3 Å². The van der Waals surface area contributed by atoms with Gasteiger partial charge in [0.25, 0.3) is 0 Å². The van der Waals surface area contributed by atoms with Crippen LogP contribution in [0.4, 0.5) is 4.39 Å². The summed E-state index contributed by atoms with van der Waals surface area (Å²) in [6.07, 6.45) is 0. The molecule has 4 nitrogen and oxygen atoms in total. The predicted octanol–water partition coefficient (Wildman–Crippen LogP) is 2.98. The summed E-state index contributed by atoms with van der Waals surface area (Å²) in [7, 11) is 0. The summed E-state index contributed by atoms with van der Waals surface area (Å²) in [6.45, 7) is 2.10. The predicted molar refractivity (Wildman–Crippen MR) is 84.4 cm³/mol. The van der Waals surface area contributed by atoms with Crippen molar-refractivity contribution >= 4 is 22.6 Å². The van der Waals surface area contributed by atoms with E-state index in [9.17, 15) is 9.18 Å². The second kappa shape index (κ2) is 8.75. The van der Waals surface area contributed by atoms with Crippen molar-refractivity contribution in [1.82, 2.24) is 4.57 Å². The van der Waals surface area contributed by atoms with E-state index in [1.807, 2.05) is 35.6 Å². The van der Waals surface area contributed by atoms with Gasteiger partial charge in [-0.2, -0.15) is 17.4 Å². The number of nitrogens with zero attached hydrogens (tertiary/aromatic N) is 2. The largest absolute Gasteiger partial charge is 0.479 e. The molecule has 0 aliphatic heterocycles. The van der Waals surface area contributed by atoms with Gasteiger partial charge in [0.15, 0.2) is 6.61 Å². The zero-order valence-corrected chi connectivity index (χ0v) is 16.8. The fraction of sp³-hybridized carbons (Fsp3) is 0.200. The van der Waals surface area contributed by atoms with Crippen molar-refractivity contribution in [3.63, 3.8) is 0 Å². The molecule has 1 heterocycles. The molecule has 2 aromatic rings. The van der Waals surface area contributed by atoms with E-state index in [-0.39, 0.29) is 56.2 Å².